The number of hydrogen-bond acceptors (Lipinski definition) is 6. The highest BCUT2D eigenvalue weighted by Crippen LogP contribution is 2.34. The fourth-order valence-corrected chi connectivity index (χ4v) is 5.97. The van der Waals surface area contributed by atoms with Crippen molar-refractivity contribution < 1.29 is 0 Å². The lowest BCUT2D eigenvalue weighted by molar-refractivity contribution is 0.954. The van der Waals surface area contributed by atoms with E-state index in [4.69, 9.17) is 29.9 Å². The summed E-state index contributed by atoms with van der Waals surface area (Å²) in [6.07, 6.45) is 9.57. The van der Waals surface area contributed by atoms with Crippen molar-refractivity contribution in [2.45, 2.75) is 12.8 Å². The molecule has 3 aliphatic rings. The van der Waals surface area contributed by atoms with Crippen LogP contribution in [-0.4, -0.2) is 39.9 Å². The van der Waals surface area contributed by atoms with Gasteiger partial charge in [0.25, 0.3) is 0 Å². The molecule has 8 nitrogen and oxygen atoms in total. The molecule has 8 heteroatoms. The van der Waals surface area contributed by atoms with E-state index >= 15 is 0 Å². The quantitative estimate of drug-likeness (QED) is 0.216. The number of aromatic nitrogens is 8. The molecular formula is C34H22N8. The number of nitrogens with one attached hydrogen (secondary N) is 2. The molecule has 2 N–H and O–H groups in total. The van der Waals surface area contributed by atoms with Crippen LogP contribution in [0.15, 0.2) is 97.1 Å². The average Bonchev–Trinajstić information content (AvgIpc) is 3.56. The van der Waals surface area contributed by atoms with Crippen LogP contribution in [0.4, 0.5) is 0 Å². The Bertz CT molecular complexity index is 2370. The molecule has 1 aliphatic carbocycles. The first-order chi connectivity index (χ1) is 20.8. The van der Waals surface area contributed by atoms with Crippen LogP contribution in [0.5, 0.6) is 0 Å². The first kappa shape index (κ1) is 23.0. The van der Waals surface area contributed by atoms with Gasteiger partial charge >= 0.3 is 0 Å². The highest BCUT2D eigenvalue weighted by Gasteiger charge is 2.22. The van der Waals surface area contributed by atoms with Crippen molar-refractivity contribution in [2.75, 3.05) is 0 Å². The summed E-state index contributed by atoms with van der Waals surface area (Å²) in [6, 6.07) is 24.5. The molecule has 0 fully saturated rings. The number of fused-ring (bicyclic) bond motifs is 18. The van der Waals surface area contributed by atoms with E-state index in [0.717, 1.165) is 43.8 Å². The van der Waals surface area contributed by atoms with Crippen LogP contribution in [0.2, 0.25) is 0 Å². The highest BCUT2D eigenvalue weighted by molar-refractivity contribution is 6.06. The summed E-state index contributed by atoms with van der Waals surface area (Å²) < 4.78 is 0. The second kappa shape index (κ2) is 8.87. The zero-order chi connectivity index (χ0) is 27.6. The third-order valence-corrected chi connectivity index (χ3v) is 7.96. The molecule has 2 aliphatic heterocycles. The van der Waals surface area contributed by atoms with Crippen LogP contribution >= 0.6 is 0 Å². The first-order valence-electron chi connectivity index (χ1n) is 13.9. The zero-order valence-electron chi connectivity index (χ0n) is 22.3. The SMILES string of the molecule is C1=CCC2=C(C=C1)c1nc2nc2[nH]c(nc3nc(nc4[nH]c(n1)c1ccccc41)-c1ccccc1C3)c1ccccc21. The van der Waals surface area contributed by atoms with Crippen molar-refractivity contribution in [3.05, 3.63) is 120 Å². The molecule has 0 spiro atoms. The van der Waals surface area contributed by atoms with Crippen LogP contribution < -0.4 is 0 Å². The maximum atomic E-state index is 5.09. The molecule has 0 saturated heterocycles. The van der Waals surface area contributed by atoms with Crippen molar-refractivity contribution in [3.63, 3.8) is 0 Å². The number of allylic oxidation sites excluding steroid dienone is 6. The third kappa shape index (κ3) is 3.55. The molecule has 0 radical (unpaired) electrons. The molecule has 3 aromatic heterocycles. The van der Waals surface area contributed by atoms with E-state index in [2.05, 4.69) is 64.6 Å². The van der Waals surface area contributed by atoms with Crippen molar-refractivity contribution in [1.82, 2.24) is 39.9 Å². The summed E-state index contributed by atoms with van der Waals surface area (Å²) in [6.45, 7) is 0. The number of hydrogen-bond donors (Lipinski definition) is 2. The minimum absolute atomic E-state index is 0.598. The van der Waals surface area contributed by atoms with E-state index in [9.17, 15) is 0 Å². The lowest BCUT2D eigenvalue weighted by atomic mass is 10.0. The van der Waals surface area contributed by atoms with Gasteiger partial charge in [-0.1, -0.05) is 97.1 Å². The maximum absolute atomic E-state index is 5.09. The fraction of sp³-hybridized carbons (Fsp3) is 0.0588. The second-order valence-corrected chi connectivity index (χ2v) is 10.5. The van der Waals surface area contributed by atoms with Crippen LogP contribution in [0.25, 0.3) is 66.7 Å². The summed E-state index contributed by atoms with van der Waals surface area (Å²) in [5, 5.41) is 3.87. The summed E-state index contributed by atoms with van der Waals surface area (Å²) >= 11 is 0. The second-order valence-electron chi connectivity index (χ2n) is 10.5. The summed E-state index contributed by atoms with van der Waals surface area (Å²) in [4.78, 5) is 37.2. The third-order valence-electron chi connectivity index (χ3n) is 7.96. The minimum Gasteiger partial charge on any atom is -0.324 e. The lowest BCUT2D eigenvalue weighted by Crippen LogP contribution is -2.05. The first-order valence-corrected chi connectivity index (χ1v) is 13.9. The van der Waals surface area contributed by atoms with Crippen molar-refractivity contribution in [3.8, 4) is 11.4 Å². The predicted molar refractivity (Wildman–Crippen MR) is 165 cm³/mol. The number of aromatic amines is 2. The average molecular weight is 543 g/mol. The Labute approximate surface area is 239 Å². The number of nitrogens with zero attached hydrogens (tertiary/aromatic N) is 6. The van der Waals surface area contributed by atoms with Gasteiger partial charge in [-0.3, -0.25) is 0 Å². The molecule has 5 heterocycles. The van der Waals surface area contributed by atoms with Gasteiger partial charge in [-0.2, -0.15) is 0 Å². The Balaban J connectivity index is 1.48. The Morgan fingerprint density at radius 1 is 0.524 bits per heavy atom. The van der Waals surface area contributed by atoms with Crippen molar-refractivity contribution in [1.29, 1.82) is 0 Å². The van der Waals surface area contributed by atoms with Gasteiger partial charge in [0.1, 0.15) is 28.4 Å². The van der Waals surface area contributed by atoms with Gasteiger partial charge in [0, 0.05) is 44.7 Å². The minimum atomic E-state index is 0.598. The summed E-state index contributed by atoms with van der Waals surface area (Å²) in [5.74, 6) is 2.55. The number of H-pyrrole nitrogens is 2. The molecule has 8 bridgehead atoms. The molecule has 0 atom stereocenters. The van der Waals surface area contributed by atoms with Gasteiger partial charge in [-0.25, -0.2) is 29.9 Å². The molecule has 0 saturated carbocycles. The molecular weight excluding hydrogens is 520 g/mol. The molecule has 0 unspecified atom stereocenters. The predicted octanol–water partition coefficient (Wildman–Crippen LogP) is 6.89. The van der Waals surface area contributed by atoms with Crippen LogP contribution in [0.1, 0.15) is 29.5 Å². The van der Waals surface area contributed by atoms with Crippen molar-refractivity contribution >= 4 is 55.3 Å². The Morgan fingerprint density at radius 2 is 1.12 bits per heavy atom. The Kier molecular flexibility index (Phi) is 4.86. The summed E-state index contributed by atoms with van der Waals surface area (Å²) in [5.41, 5.74) is 6.93. The maximum Gasteiger partial charge on any atom is 0.164 e. The van der Waals surface area contributed by atoms with Crippen LogP contribution in [-0.2, 0) is 6.42 Å². The highest BCUT2D eigenvalue weighted by atomic mass is 15.1. The zero-order valence-corrected chi connectivity index (χ0v) is 22.3. The van der Waals surface area contributed by atoms with Gasteiger partial charge in [0.15, 0.2) is 17.5 Å². The van der Waals surface area contributed by atoms with Crippen LogP contribution in [0.3, 0.4) is 0 Å². The van der Waals surface area contributed by atoms with Gasteiger partial charge in [0.2, 0.25) is 0 Å². The smallest absolute Gasteiger partial charge is 0.164 e. The number of benzene rings is 3. The van der Waals surface area contributed by atoms with E-state index in [1.165, 1.54) is 0 Å². The monoisotopic (exact) mass is 542 g/mol. The molecule has 0 amide bonds. The molecule has 6 aromatic rings. The number of rotatable bonds is 0. The largest absolute Gasteiger partial charge is 0.324 e. The standard InChI is InChI=1S/C34H22N8/c1-2-12-22-23(13-3-1)33-41-32(22)40-31-24-15-7-6-14-21(24)29(38-31)36-27-18-19-10-4-5-11-20(19)28(35-27)37-30-25-16-8-9-17-26(25)34(39-30)42-33/h1-11,13-17H,12,18H2,(H2,35,36,37,38,39,40,41,42). The normalized spacial score (nSPS) is 14.2. The molecule has 42 heavy (non-hydrogen) atoms. The van der Waals surface area contributed by atoms with Gasteiger partial charge in [-0.15, -0.1) is 0 Å². The fourth-order valence-electron chi connectivity index (χ4n) is 5.97. The van der Waals surface area contributed by atoms with E-state index < -0.39 is 0 Å². The summed E-state index contributed by atoms with van der Waals surface area (Å²) in [7, 11) is 0. The van der Waals surface area contributed by atoms with Crippen molar-refractivity contribution in [2.24, 2.45) is 0 Å². The molecule has 198 valence electrons. The lowest BCUT2D eigenvalue weighted by Gasteiger charge is -2.11. The van der Waals surface area contributed by atoms with Crippen LogP contribution in [0, 0.1) is 0 Å². The van der Waals surface area contributed by atoms with Gasteiger partial charge in [-0.05, 0) is 12.0 Å². The topological polar surface area (TPSA) is 109 Å². The van der Waals surface area contributed by atoms with E-state index in [1.54, 1.807) is 0 Å². The Hall–Kier alpha value is -5.76. The van der Waals surface area contributed by atoms with E-state index in [0.29, 0.717) is 58.7 Å². The van der Waals surface area contributed by atoms with Gasteiger partial charge in [0.05, 0.1) is 0 Å². The molecule has 9 rings (SSSR count). The van der Waals surface area contributed by atoms with Gasteiger partial charge < -0.3 is 9.97 Å². The van der Waals surface area contributed by atoms with E-state index in [-0.39, 0.29) is 0 Å². The molecule has 3 aromatic carbocycles. The van der Waals surface area contributed by atoms with E-state index in [1.807, 2.05) is 42.5 Å². The Morgan fingerprint density at radius 3 is 1.83 bits per heavy atom.